The first kappa shape index (κ1) is 12.5. The second-order valence-electron chi connectivity index (χ2n) is 4.92. The van der Waals surface area contributed by atoms with E-state index in [9.17, 15) is 9.90 Å². The van der Waals surface area contributed by atoms with E-state index in [0.717, 1.165) is 13.0 Å². The number of likely N-dealkylation sites (tertiary alicyclic amines) is 1. The van der Waals surface area contributed by atoms with E-state index in [1.54, 1.807) is 14.0 Å². The van der Waals surface area contributed by atoms with Gasteiger partial charge in [-0.25, -0.2) is 0 Å². The number of nitrogens with one attached hydrogen (secondary N) is 1. The van der Waals surface area contributed by atoms with Crippen molar-refractivity contribution in [2.75, 3.05) is 20.1 Å². The van der Waals surface area contributed by atoms with Gasteiger partial charge in [0.2, 0.25) is 5.91 Å². The van der Waals surface area contributed by atoms with Crippen molar-refractivity contribution in [3.63, 3.8) is 0 Å². The van der Waals surface area contributed by atoms with Crippen LogP contribution in [-0.2, 0) is 4.79 Å². The first-order valence-electron chi connectivity index (χ1n) is 5.55. The molecule has 0 aromatic carbocycles. The Morgan fingerprint density at radius 1 is 1.60 bits per heavy atom. The summed E-state index contributed by atoms with van der Waals surface area (Å²) in [5, 5.41) is 12.5. The predicted molar refractivity (Wildman–Crippen MR) is 59.5 cm³/mol. The van der Waals surface area contributed by atoms with Gasteiger partial charge in [-0.05, 0) is 34.2 Å². The lowest BCUT2D eigenvalue weighted by Crippen LogP contribution is -2.52. The Bertz CT molecular complexity index is 239. The quantitative estimate of drug-likeness (QED) is 0.706. The number of rotatable bonds is 3. The van der Waals surface area contributed by atoms with E-state index in [-0.39, 0.29) is 17.9 Å². The molecule has 1 amide bonds. The van der Waals surface area contributed by atoms with Gasteiger partial charge in [-0.2, -0.15) is 0 Å². The van der Waals surface area contributed by atoms with Crippen molar-refractivity contribution in [2.45, 2.75) is 38.8 Å². The summed E-state index contributed by atoms with van der Waals surface area (Å²) < 4.78 is 0. The van der Waals surface area contributed by atoms with Crippen LogP contribution in [0.25, 0.3) is 0 Å². The van der Waals surface area contributed by atoms with Gasteiger partial charge < -0.3 is 15.3 Å². The molecule has 1 aliphatic rings. The molecule has 0 aromatic rings. The summed E-state index contributed by atoms with van der Waals surface area (Å²) in [5.74, 6) is 0.356. The highest BCUT2D eigenvalue weighted by Gasteiger charge is 2.35. The van der Waals surface area contributed by atoms with Gasteiger partial charge in [0.05, 0.1) is 11.6 Å². The Labute approximate surface area is 91.6 Å². The number of aliphatic hydroxyl groups excluding tert-OH is 1. The molecule has 88 valence electrons. The van der Waals surface area contributed by atoms with E-state index in [4.69, 9.17) is 0 Å². The Hall–Kier alpha value is -0.610. The number of aliphatic hydroxyl groups is 1. The molecule has 2 atom stereocenters. The molecule has 0 radical (unpaired) electrons. The van der Waals surface area contributed by atoms with Gasteiger partial charge in [-0.15, -0.1) is 0 Å². The SMILES string of the molecule is CNC(C)(C)C(=O)N1CCC(C(C)O)C1. The molecule has 2 N–H and O–H groups in total. The Balaban J connectivity index is 2.58. The van der Waals surface area contributed by atoms with Gasteiger partial charge >= 0.3 is 0 Å². The lowest BCUT2D eigenvalue weighted by atomic mass is 10.0. The van der Waals surface area contributed by atoms with Crippen molar-refractivity contribution in [3.8, 4) is 0 Å². The standard InChI is InChI=1S/C11H22N2O2/c1-8(14)9-5-6-13(7-9)10(15)11(2,3)12-4/h8-9,12,14H,5-7H2,1-4H3. The van der Waals surface area contributed by atoms with Crippen LogP contribution in [-0.4, -0.2) is 47.7 Å². The van der Waals surface area contributed by atoms with Crippen molar-refractivity contribution < 1.29 is 9.90 Å². The second kappa shape index (κ2) is 4.49. The highest BCUT2D eigenvalue weighted by Crippen LogP contribution is 2.22. The lowest BCUT2D eigenvalue weighted by molar-refractivity contribution is -0.136. The molecular formula is C11H22N2O2. The van der Waals surface area contributed by atoms with Gasteiger partial charge in [-0.3, -0.25) is 4.79 Å². The summed E-state index contributed by atoms with van der Waals surface area (Å²) in [7, 11) is 1.79. The molecule has 1 rings (SSSR count). The third kappa shape index (κ3) is 2.69. The predicted octanol–water partition coefficient (Wildman–Crippen LogP) is 0.214. The number of carbonyl (C=O) groups is 1. The van der Waals surface area contributed by atoms with E-state index in [1.165, 1.54) is 0 Å². The van der Waals surface area contributed by atoms with Crippen molar-refractivity contribution in [1.82, 2.24) is 10.2 Å². The molecule has 1 heterocycles. The van der Waals surface area contributed by atoms with Crippen molar-refractivity contribution >= 4 is 5.91 Å². The van der Waals surface area contributed by atoms with Crippen LogP contribution < -0.4 is 5.32 Å². The maximum Gasteiger partial charge on any atom is 0.242 e. The van der Waals surface area contributed by atoms with Crippen molar-refractivity contribution in [3.05, 3.63) is 0 Å². The third-order valence-corrected chi connectivity index (χ3v) is 3.35. The summed E-state index contributed by atoms with van der Waals surface area (Å²) in [4.78, 5) is 13.9. The summed E-state index contributed by atoms with van der Waals surface area (Å²) in [5.41, 5.74) is -0.506. The largest absolute Gasteiger partial charge is 0.393 e. The van der Waals surface area contributed by atoms with Gasteiger partial charge in [0.25, 0.3) is 0 Å². The van der Waals surface area contributed by atoms with Gasteiger partial charge in [0, 0.05) is 19.0 Å². The molecule has 0 aliphatic carbocycles. The molecule has 1 saturated heterocycles. The fraction of sp³-hybridized carbons (Fsp3) is 0.909. The summed E-state index contributed by atoms with van der Waals surface area (Å²) in [6.45, 7) is 7.00. The Kier molecular flexibility index (Phi) is 3.73. The zero-order valence-corrected chi connectivity index (χ0v) is 10.1. The van der Waals surface area contributed by atoms with Crippen LogP contribution >= 0.6 is 0 Å². The number of nitrogens with zero attached hydrogens (tertiary/aromatic N) is 1. The summed E-state index contributed by atoms with van der Waals surface area (Å²) >= 11 is 0. The first-order chi connectivity index (χ1) is 6.88. The average molecular weight is 214 g/mol. The molecule has 1 aliphatic heterocycles. The highest BCUT2D eigenvalue weighted by molar-refractivity contribution is 5.85. The van der Waals surface area contributed by atoms with Crippen LogP contribution in [0.2, 0.25) is 0 Å². The first-order valence-corrected chi connectivity index (χ1v) is 5.55. The molecule has 1 fully saturated rings. The Morgan fingerprint density at radius 2 is 2.20 bits per heavy atom. The number of hydrogen-bond donors (Lipinski definition) is 2. The molecule has 0 saturated carbocycles. The van der Waals surface area contributed by atoms with Crippen LogP contribution in [0.4, 0.5) is 0 Å². The van der Waals surface area contributed by atoms with Crippen LogP contribution in [0.3, 0.4) is 0 Å². The minimum Gasteiger partial charge on any atom is -0.393 e. The van der Waals surface area contributed by atoms with E-state index in [2.05, 4.69) is 5.32 Å². The third-order valence-electron chi connectivity index (χ3n) is 3.35. The van der Waals surface area contributed by atoms with E-state index < -0.39 is 5.54 Å². The molecule has 0 aromatic heterocycles. The Morgan fingerprint density at radius 3 is 2.60 bits per heavy atom. The normalized spacial score (nSPS) is 24.3. The highest BCUT2D eigenvalue weighted by atomic mass is 16.3. The monoisotopic (exact) mass is 214 g/mol. The number of hydrogen-bond acceptors (Lipinski definition) is 3. The van der Waals surface area contributed by atoms with Crippen LogP contribution in [0.15, 0.2) is 0 Å². The smallest absolute Gasteiger partial charge is 0.242 e. The lowest BCUT2D eigenvalue weighted by Gasteiger charge is -2.29. The van der Waals surface area contributed by atoms with Crippen LogP contribution in [0.1, 0.15) is 27.2 Å². The number of amides is 1. The molecule has 0 bridgehead atoms. The fourth-order valence-electron chi connectivity index (χ4n) is 1.87. The van der Waals surface area contributed by atoms with Gasteiger partial charge in [0.15, 0.2) is 0 Å². The zero-order valence-electron chi connectivity index (χ0n) is 10.1. The number of likely N-dealkylation sites (N-methyl/N-ethyl adjacent to an activating group) is 1. The summed E-state index contributed by atoms with van der Waals surface area (Å²) in [6, 6.07) is 0. The maximum absolute atomic E-state index is 12.0. The fourth-order valence-corrected chi connectivity index (χ4v) is 1.87. The zero-order chi connectivity index (χ0) is 11.6. The molecule has 0 spiro atoms. The van der Waals surface area contributed by atoms with E-state index in [1.807, 2.05) is 18.7 Å². The molecule has 2 unspecified atom stereocenters. The minimum atomic E-state index is -0.506. The van der Waals surface area contributed by atoms with Crippen LogP contribution in [0, 0.1) is 5.92 Å². The second-order valence-corrected chi connectivity index (χ2v) is 4.92. The average Bonchev–Trinajstić information content (AvgIpc) is 2.65. The molecule has 4 heteroatoms. The maximum atomic E-state index is 12.0. The van der Waals surface area contributed by atoms with Crippen molar-refractivity contribution in [1.29, 1.82) is 0 Å². The topological polar surface area (TPSA) is 52.6 Å². The van der Waals surface area contributed by atoms with Crippen LogP contribution in [0.5, 0.6) is 0 Å². The van der Waals surface area contributed by atoms with Gasteiger partial charge in [-0.1, -0.05) is 0 Å². The molecule has 4 nitrogen and oxygen atoms in total. The molecular weight excluding hydrogens is 192 g/mol. The number of carbonyl (C=O) groups excluding carboxylic acids is 1. The summed E-state index contributed by atoms with van der Waals surface area (Å²) in [6.07, 6.45) is 0.587. The van der Waals surface area contributed by atoms with E-state index in [0.29, 0.717) is 6.54 Å². The minimum absolute atomic E-state index is 0.119. The van der Waals surface area contributed by atoms with E-state index >= 15 is 0 Å². The molecule has 15 heavy (non-hydrogen) atoms. The van der Waals surface area contributed by atoms with Gasteiger partial charge in [0.1, 0.15) is 0 Å². The van der Waals surface area contributed by atoms with Crippen molar-refractivity contribution in [2.24, 2.45) is 5.92 Å².